The SMILES string of the molecule is CC/C(C)=C/C(=NC)C(=O)N(C)C. The van der Waals surface area contributed by atoms with E-state index in [2.05, 4.69) is 11.9 Å². The lowest BCUT2D eigenvalue weighted by Crippen LogP contribution is -2.28. The van der Waals surface area contributed by atoms with Crippen molar-refractivity contribution in [1.29, 1.82) is 0 Å². The fourth-order valence-electron chi connectivity index (χ4n) is 0.786. The second-order valence-corrected chi connectivity index (χ2v) is 3.15. The summed E-state index contributed by atoms with van der Waals surface area (Å²) in [5.74, 6) is -0.0460. The molecule has 0 aliphatic carbocycles. The Kier molecular flexibility index (Phi) is 5.04. The molecule has 0 spiro atoms. The summed E-state index contributed by atoms with van der Waals surface area (Å²) in [6.45, 7) is 4.05. The number of allylic oxidation sites excluding steroid dienone is 1. The predicted molar refractivity (Wildman–Crippen MR) is 56.1 cm³/mol. The predicted octanol–water partition coefficient (Wildman–Crippen LogP) is 1.50. The van der Waals surface area contributed by atoms with Gasteiger partial charge in [0.05, 0.1) is 0 Å². The van der Waals surface area contributed by atoms with Gasteiger partial charge in [-0.25, -0.2) is 0 Å². The molecule has 0 fully saturated rings. The van der Waals surface area contributed by atoms with Crippen LogP contribution < -0.4 is 0 Å². The molecule has 3 heteroatoms. The van der Waals surface area contributed by atoms with Gasteiger partial charge in [-0.1, -0.05) is 12.5 Å². The number of hydrogen-bond donors (Lipinski definition) is 0. The van der Waals surface area contributed by atoms with E-state index in [0.29, 0.717) is 5.71 Å². The molecule has 0 unspecified atom stereocenters. The number of carbonyl (C=O) groups is 1. The van der Waals surface area contributed by atoms with Crippen molar-refractivity contribution in [3.8, 4) is 0 Å². The average Bonchev–Trinajstić information content (AvgIpc) is 2.12. The topological polar surface area (TPSA) is 32.7 Å². The number of aliphatic imine (C=N–C) groups is 1. The number of nitrogens with zero attached hydrogens (tertiary/aromatic N) is 2. The van der Waals surface area contributed by atoms with Crippen molar-refractivity contribution in [3.05, 3.63) is 11.6 Å². The van der Waals surface area contributed by atoms with Gasteiger partial charge in [-0.05, 0) is 19.4 Å². The normalized spacial score (nSPS) is 13.0. The first-order valence-corrected chi connectivity index (χ1v) is 4.38. The fourth-order valence-corrected chi connectivity index (χ4v) is 0.786. The third-order valence-corrected chi connectivity index (χ3v) is 1.81. The highest BCUT2D eigenvalue weighted by Gasteiger charge is 2.09. The molecule has 74 valence electrons. The van der Waals surface area contributed by atoms with Gasteiger partial charge in [0.25, 0.3) is 5.91 Å². The zero-order valence-electron chi connectivity index (χ0n) is 9.09. The number of rotatable bonds is 3. The second kappa shape index (κ2) is 5.51. The minimum atomic E-state index is -0.0460. The minimum Gasteiger partial charge on any atom is -0.343 e. The van der Waals surface area contributed by atoms with Crippen molar-refractivity contribution >= 4 is 11.6 Å². The molecule has 0 aliphatic heterocycles. The molecule has 0 saturated heterocycles. The Morgan fingerprint density at radius 1 is 1.46 bits per heavy atom. The molecule has 0 saturated carbocycles. The van der Waals surface area contributed by atoms with Crippen molar-refractivity contribution in [1.82, 2.24) is 4.90 Å². The van der Waals surface area contributed by atoms with Gasteiger partial charge in [0.15, 0.2) is 0 Å². The van der Waals surface area contributed by atoms with Crippen LogP contribution in [0, 0.1) is 0 Å². The van der Waals surface area contributed by atoms with E-state index in [9.17, 15) is 4.79 Å². The van der Waals surface area contributed by atoms with E-state index in [0.717, 1.165) is 12.0 Å². The van der Waals surface area contributed by atoms with Crippen LogP contribution in [0.1, 0.15) is 20.3 Å². The smallest absolute Gasteiger partial charge is 0.271 e. The highest BCUT2D eigenvalue weighted by molar-refractivity contribution is 6.43. The van der Waals surface area contributed by atoms with Crippen LogP contribution >= 0.6 is 0 Å². The van der Waals surface area contributed by atoms with E-state index in [1.165, 1.54) is 4.90 Å². The lowest BCUT2D eigenvalue weighted by Gasteiger charge is -2.09. The van der Waals surface area contributed by atoms with Crippen LogP contribution in [0.5, 0.6) is 0 Å². The summed E-state index contributed by atoms with van der Waals surface area (Å²) >= 11 is 0. The molecular formula is C10H18N2O. The van der Waals surface area contributed by atoms with E-state index in [4.69, 9.17) is 0 Å². The van der Waals surface area contributed by atoms with Crippen LogP contribution in [-0.2, 0) is 4.79 Å². The maximum atomic E-state index is 11.5. The summed E-state index contributed by atoms with van der Waals surface area (Å²) in [7, 11) is 5.08. The molecule has 0 radical (unpaired) electrons. The number of amides is 1. The van der Waals surface area contributed by atoms with Crippen LogP contribution in [0.4, 0.5) is 0 Å². The first-order valence-electron chi connectivity index (χ1n) is 4.38. The summed E-state index contributed by atoms with van der Waals surface area (Å²) in [6.07, 6.45) is 2.78. The fraction of sp³-hybridized carbons (Fsp3) is 0.600. The Hall–Kier alpha value is -1.12. The van der Waals surface area contributed by atoms with Gasteiger partial charge in [0.2, 0.25) is 0 Å². The zero-order chi connectivity index (χ0) is 10.4. The van der Waals surface area contributed by atoms with E-state index in [1.807, 2.05) is 13.0 Å². The van der Waals surface area contributed by atoms with Crippen LogP contribution in [-0.4, -0.2) is 37.7 Å². The molecule has 0 rings (SSSR count). The first-order chi connectivity index (χ1) is 6.02. The molecule has 0 aromatic carbocycles. The Morgan fingerprint density at radius 3 is 2.31 bits per heavy atom. The van der Waals surface area contributed by atoms with Crippen LogP contribution in [0.3, 0.4) is 0 Å². The van der Waals surface area contributed by atoms with Crippen LogP contribution in [0.2, 0.25) is 0 Å². The van der Waals surface area contributed by atoms with Gasteiger partial charge >= 0.3 is 0 Å². The molecule has 0 N–H and O–H groups in total. The van der Waals surface area contributed by atoms with Gasteiger partial charge in [-0.15, -0.1) is 0 Å². The van der Waals surface area contributed by atoms with E-state index >= 15 is 0 Å². The Balaban J connectivity index is 4.65. The monoisotopic (exact) mass is 182 g/mol. The Labute approximate surface area is 80.2 Å². The minimum absolute atomic E-state index is 0.0460. The van der Waals surface area contributed by atoms with Crippen molar-refractivity contribution in [2.75, 3.05) is 21.1 Å². The summed E-state index contributed by atoms with van der Waals surface area (Å²) < 4.78 is 0. The highest BCUT2D eigenvalue weighted by atomic mass is 16.2. The summed E-state index contributed by atoms with van der Waals surface area (Å²) in [5, 5.41) is 0. The molecule has 0 aromatic heterocycles. The van der Waals surface area contributed by atoms with Crippen molar-refractivity contribution in [2.24, 2.45) is 4.99 Å². The Morgan fingerprint density at radius 2 is 2.00 bits per heavy atom. The molecular weight excluding hydrogens is 164 g/mol. The number of carbonyl (C=O) groups excluding carboxylic acids is 1. The Bertz CT molecular complexity index is 239. The van der Waals surface area contributed by atoms with E-state index in [1.54, 1.807) is 21.1 Å². The van der Waals surface area contributed by atoms with Gasteiger partial charge < -0.3 is 4.90 Å². The summed E-state index contributed by atoms with van der Waals surface area (Å²) in [6, 6.07) is 0. The van der Waals surface area contributed by atoms with Crippen molar-refractivity contribution < 1.29 is 4.79 Å². The van der Waals surface area contributed by atoms with E-state index < -0.39 is 0 Å². The molecule has 3 nitrogen and oxygen atoms in total. The molecule has 0 aliphatic rings. The third-order valence-electron chi connectivity index (χ3n) is 1.81. The summed E-state index contributed by atoms with van der Waals surface area (Å²) in [4.78, 5) is 17.0. The molecule has 0 atom stereocenters. The highest BCUT2D eigenvalue weighted by Crippen LogP contribution is 2.00. The molecule has 1 amide bonds. The second-order valence-electron chi connectivity index (χ2n) is 3.15. The zero-order valence-corrected chi connectivity index (χ0v) is 9.09. The lowest BCUT2D eigenvalue weighted by atomic mass is 10.1. The van der Waals surface area contributed by atoms with Crippen molar-refractivity contribution in [3.63, 3.8) is 0 Å². The quantitative estimate of drug-likeness (QED) is 0.609. The van der Waals surface area contributed by atoms with Gasteiger partial charge in [-0.2, -0.15) is 0 Å². The van der Waals surface area contributed by atoms with Gasteiger partial charge in [-0.3, -0.25) is 9.79 Å². The van der Waals surface area contributed by atoms with Gasteiger partial charge in [0.1, 0.15) is 5.71 Å². The number of hydrogen-bond acceptors (Lipinski definition) is 2. The molecule has 0 aromatic rings. The first kappa shape index (κ1) is 11.9. The third kappa shape index (κ3) is 3.87. The average molecular weight is 182 g/mol. The largest absolute Gasteiger partial charge is 0.343 e. The molecule has 13 heavy (non-hydrogen) atoms. The van der Waals surface area contributed by atoms with Crippen molar-refractivity contribution in [2.45, 2.75) is 20.3 Å². The molecule has 0 bridgehead atoms. The van der Waals surface area contributed by atoms with Crippen LogP contribution in [0.15, 0.2) is 16.6 Å². The molecule has 0 heterocycles. The maximum Gasteiger partial charge on any atom is 0.271 e. The van der Waals surface area contributed by atoms with Crippen LogP contribution in [0.25, 0.3) is 0 Å². The van der Waals surface area contributed by atoms with E-state index in [-0.39, 0.29) is 5.91 Å². The summed E-state index contributed by atoms with van der Waals surface area (Å²) in [5.41, 5.74) is 1.68. The van der Waals surface area contributed by atoms with Gasteiger partial charge in [0, 0.05) is 21.1 Å². The standard InChI is InChI=1S/C10H18N2O/c1-6-8(2)7-9(11-3)10(13)12(4)5/h7H,6H2,1-5H3/b8-7+,11-9?. The maximum absolute atomic E-state index is 11.5. The lowest BCUT2D eigenvalue weighted by molar-refractivity contribution is -0.121.